The summed E-state index contributed by atoms with van der Waals surface area (Å²) in [4.78, 5) is 20.1. The molecule has 5 nitrogen and oxygen atoms in total. The molecule has 2 amide bonds. The fourth-order valence-electron chi connectivity index (χ4n) is 3.05. The SMILES string of the molecule is Cc1ccc(C2=NOC(CN(Cc3ccccc3)C(=O)NC(C)C)C2)cc1. The molecule has 0 bridgehead atoms. The summed E-state index contributed by atoms with van der Waals surface area (Å²) in [5, 5.41) is 7.24. The standard InChI is InChI=1S/C22H27N3O2/c1-16(2)23-22(26)25(14-18-7-5-4-6-8-18)15-20-13-21(24-27-20)19-11-9-17(3)10-12-19/h4-12,16,20H,13-15H2,1-3H3,(H,23,26). The van der Waals surface area contributed by atoms with Crippen molar-refractivity contribution in [3.63, 3.8) is 0 Å². The van der Waals surface area contributed by atoms with Crippen molar-refractivity contribution in [1.82, 2.24) is 10.2 Å². The molecule has 0 aromatic heterocycles. The van der Waals surface area contributed by atoms with Crippen LogP contribution in [0.15, 0.2) is 59.8 Å². The van der Waals surface area contributed by atoms with Crippen LogP contribution >= 0.6 is 0 Å². The molecule has 1 aliphatic heterocycles. The number of aryl methyl sites for hydroxylation is 1. The van der Waals surface area contributed by atoms with E-state index in [0.717, 1.165) is 16.8 Å². The number of nitrogens with zero attached hydrogens (tertiary/aromatic N) is 2. The molecule has 27 heavy (non-hydrogen) atoms. The van der Waals surface area contributed by atoms with E-state index in [9.17, 15) is 4.79 Å². The van der Waals surface area contributed by atoms with E-state index in [4.69, 9.17) is 4.84 Å². The van der Waals surface area contributed by atoms with Crippen LogP contribution in [-0.2, 0) is 11.4 Å². The first kappa shape index (κ1) is 19.0. The first-order valence-electron chi connectivity index (χ1n) is 9.40. The maximum atomic E-state index is 12.7. The lowest BCUT2D eigenvalue weighted by molar-refractivity contribution is 0.0586. The molecule has 2 aromatic carbocycles. The summed E-state index contributed by atoms with van der Waals surface area (Å²) in [6, 6.07) is 18.3. The molecule has 2 aromatic rings. The minimum atomic E-state index is -0.136. The summed E-state index contributed by atoms with van der Waals surface area (Å²) in [5.41, 5.74) is 4.32. The van der Waals surface area contributed by atoms with Gasteiger partial charge in [-0.15, -0.1) is 0 Å². The van der Waals surface area contributed by atoms with Crippen LogP contribution in [0.5, 0.6) is 0 Å². The maximum Gasteiger partial charge on any atom is 0.318 e. The Morgan fingerprint density at radius 3 is 2.56 bits per heavy atom. The van der Waals surface area contributed by atoms with Gasteiger partial charge in [0.2, 0.25) is 0 Å². The van der Waals surface area contributed by atoms with Crippen LogP contribution in [0.25, 0.3) is 0 Å². The van der Waals surface area contributed by atoms with Crippen LogP contribution in [0.4, 0.5) is 4.79 Å². The molecule has 1 aliphatic rings. The summed E-state index contributed by atoms with van der Waals surface area (Å²) < 4.78 is 0. The van der Waals surface area contributed by atoms with Crippen LogP contribution in [0, 0.1) is 6.92 Å². The van der Waals surface area contributed by atoms with E-state index in [0.29, 0.717) is 19.5 Å². The van der Waals surface area contributed by atoms with Crippen LogP contribution in [0.3, 0.4) is 0 Å². The molecule has 0 saturated carbocycles. The van der Waals surface area contributed by atoms with E-state index in [2.05, 4.69) is 41.7 Å². The summed E-state index contributed by atoms with van der Waals surface area (Å²) in [6.07, 6.45) is 0.562. The zero-order chi connectivity index (χ0) is 19.2. The highest BCUT2D eigenvalue weighted by Gasteiger charge is 2.27. The van der Waals surface area contributed by atoms with Crippen molar-refractivity contribution in [2.45, 2.75) is 45.9 Å². The molecule has 0 radical (unpaired) electrons. The normalized spacial score (nSPS) is 16.0. The van der Waals surface area contributed by atoms with Crippen LogP contribution < -0.4 is 5.32 Å². The van der Waals surface area contributed by atoms with Crippen molar-refractivity contribution < 1.29 is 9.63 Å². The van der Waals surface area contributed by atoms with Crippen molar-refractivity contribution in [1.29, 1.82) is 0 Å². The number of rotatable bonds is 6. The number of benzene rings is 2. The van der Waals surface area contributed by atoms with Crippen molar-refractivity contribution in [3.8, 4) is 0 Å². The van der Waals surface area contributed by atoms with Gasteiger partial charge in [0.1, 0.15) is 0 Å². The zero-order valence-electron chi connectivity index (χ0n) is 16.2. The lowest BCUT2D eigenvalue weighted by Gasteiger charge is -2.26. The maximum absolute atomic E-state index is 12.7. The fourth-order valence-corrected chi connectivity index (χ4v) is 3.05. The van der Waals surface area contributed by atoms with E-state index >= 15 is 0 Å². The van der Waals surface area contributed by atoms with Gasteiger partial charge in [-0.25, -0.2) is 4.79 Å². The predicted octanol–water partition coefficient (Wildman–Crippen LogP) is 4.11. The van der Waals surface area contributed by atoms with Gasteiger partial charge in [-0.2, -0.15) is 0 Å². The Kier molecular flexibility index (Phi) is 6.12. The molecule has 0 fully saturated rings. The monoisotopic (exact) mass is 365 g/mol. The Balaban J connectivity index is 1.65. The number of carbonyl (C=O) groups is 1. The molecule has 5 heteroatoms. The molecule has 3 rings (SSSR count). The highest BCUT2D eigenvalue weighted by molar-refractivity contribution is 6.01. The quantitative estimate of drug-likeness (QED) is 0.838. The molecule has 0 saturated heterocycles. The van der Waals surface area contributed by atoms with Gasteiger partial charge in [-0.05, 0) is 31.9 Å². The topological polar surface area (TPSA) is 53.9 Å². The molecule has 0 aliphatic carbocycles. The van der Waals surface area contributed by atoms with Crippen LogP contribution in [-0.4, -0.2) is 35.3 Å². The average Bonchev–Trinajstić information content (AvgIpc) is 3.10. The summed E-state index contributed by atoms with van der Waals surface area (Å²) >= 11 is 0. The minimum absolute atomic E-state index is 0.0822. The predicted molar refractivity (Wildman–Crippen MR) is 108 cm³/mol. The minimum Gasteiger partial charge on any atom is -0.390 e. The Hall–Kier alpha value is -2.82. The number of hydrogen-bond acceptors (Lipinski definition) is 3. The number of amides is 2. The highest BCUT2D eigenvalue weighted by atomic mass is 16.6. The van der Waals surface area contributed by atoms with Gasteiger partial charge in [0.25, 0.3) is 0 Å². The Morgan fingerprint density at radius 1 is 1.19 bits per heavy atom. The van der Waals surface area contributed by atoms with Crippen LogP contribution in [0.1, 0.15) is 37.0 Å². The molecule has 1 atom stereocenters. The van der Waals surface area contributed by atoms with Gasteiger partial charge in [0.15, 0.2) is 6.10 Å². The van der Waals surface area contributed by atoms with Gasteiger partial charge in [0.05, 0.1) is 12.3 Å². The van der Waals surface area contributed by atoms with Gasteiger partial charge < -0.3 is 15.1 Å². The molecule has 142 valence electrons. The average molecular weight is 365 g/mol. The van der Waals surface area contributed by atoms with Gasteiger partial charge in [-0.3, -0.25) is 0 Å². The number of urea groups is 1. The van der Waals surface area contributed by atoms with Crippen LogP contribution in [0.2, 0.25) is 0 Å². The van der Waals surface area contributed by atoms with Gasteiger partial charge >= 0.3 is 6.03 Å². The van der Waals surface area contributed by atoms with E-state index < -0.39 is 0 Å². The van der Waals surface area contributed by atoms with Gasteiger partial charge in [0, 0.05) is 19.0 Å². The van der Waals surface area contributed by atoms with E-state index in [1.165, 1.54) is 5.56 Å². The highest BCUT2D eigenvalue weighted by Crippen LogP contribution is 2.19. The smallest absolute Gasteiger partial charge is 0.318 e. The van der Waals surface area contributed by atoms with Crippen molar-refractivity contribution in [3.05, 3.63) is 71.3 Å². The van der Waals surface area contributed by atoms with Crippen molar-refractivity contribution in [2.24, 2.45) is 5.16 Å². The van der Waals surface area contributed by atoms with Crippen molar-refractivity contribution in [2.75, 3.05) is 6.54 Å². The second-order valence-corrected chi connectivity index (χ2v) is 7.31. The second kappa shape index (κ2) is 8.71. The first-order chi connectivity index (χ1) is 13.0. The Bertz CT molecular complexity index is 785. The molecule has 1 unspecified atom stereocenters. The summed E-state index contributed by atoms with van der Waals surface area (Å²) in [6.45, 7) is 7.02. The first-order valence-corrected chi connectivity index (χ1v) is 9.40. The fraction of sp³-hybridized carbons (Fsp3) is 0.364. The third kappa shape index (κ3) is 5.33. The molecule has 0 spiro atoms. The third-order valence-electron chi connectivity index (χ3n) is 4.46. The van der Waals surface area contributed by atoms with Crippen molar-refractivity contribution >= 4 is 11.7 Å². The van der Waals surface area contributed by atoms with E-state index in [-0.39, 0.29) is 18.2 Å². The van der Waals surface area contributed by atoms with E-state index in [1.54, 1.807) is 4.90 Å². The molecular weight excluding hydrogens is 338 g/mol. The number of hydrogen-bond donors (Lipinski definition) is 1. The molecular formula is C22H27N3O2. The summed E-state index contributed by atoms with van der Waals surface area (Å²) in [7, 11) is 0. The zero-order valence-corrected chi connectivity index (χ0v) is 16.2. The largest absolute Gasteiger partial charge is 0.390 e. The third-order valence-corrected chi connectivity index (χ3v) is 4.46. The number of nitrogens with one attached hydrogen (secondary N) is 1. The lowest BCUT2D eigenvalue weighted by atomic mass is 10.0. The van der Waals surface area contributed by atoms with Gasteiger partial charge in [-0.1, -0.05) is 65.3 Å². The molecule has 1 N–H and O–H groups in total. The van der Waals surface area contributed by atoms with E-state index in [1.807, 2.05) is 44.2 Å². The molecule has 1 heterocycles. The lowest BCUT2D eigenvalue weighted by Crippen LogP contribution is -2.45. The second-order valence-electron chi connectivity index (χ2n) is 7.31. The summed E-state index contributed by atoms with van der Waals surface area (Å²) in [5.74, 6) is 0. The number of carbonyl (C=O) groups excluding carboxylic acids is 1. The Morgan fingerprint density at radius 2 is 1.89 bits per heavy atom. The number of oxime groups is 1. The Labute approximate surface area is 161 Å².